The monoisotopic (exact) mass is 567 g/mol. The first kappa shape index (κ1) is 30.6. The van der Waals surface area contributed by atoms with Crippen molar-refractivity contribution in [2.24, 2.45) is 4.99 Å². The van der Waals surface area contributed by atoms with E-state index in [1.165, 1.54) is 0 Å². The van der Waals surface area contributed by atoms with Crippen LogP contribution in [0.4, 0.5) is 28.4 Å². The molecule has 42 heavy (non-hydrogen) atoms. The van der Waals surface area contributed by atoms with Crippen molar-refractivity contribution >= 4 is 39.9 Å². The number of allylic oxidation sites excluding steroid dienone is 2. The zero-order valence-corrected chi connectivity index (χ0v) is 24.9. The van der Waals surface area contributed by atoms with Crippen molar-refractivity contribution in [1.82, 2.24) is 0 Å². The van der Waals surface area contributed by atoms with E-state index in [1.807, 2.05) is 68.4 Å². The van der Waals surface area contributed by atoms with E-state index >= 15 is 0 Å². The third kappa shape index (κ3) is 7.46. The van der Waals surface area contributed by atoms with E-state index in [9.17, 15) is 15.0 Å². The van der Waals surface area contributed by atoms with Gasteiger partial charge in [0.05, 0.1) is 36.0 Å². The van der Waals surface area contributed by atoms with Crippen molar-refractivity contribution in [1.29, 1.82) is 0 Å². The van der Waals surface area contributed by atoms with Crippen LogP contribution in [0, 0.1) is 13.8 Å². The summed E-state index contributed by atoms with van der Waals surface area (Å²) >= 11 is 0. The van der Waals surface area contributed by atoms with Gasteiger partial charge < -0.3 is 30.6 Å². The minimum absolute atomic E-state index is 0.0871. The Balaban J connectivity index is 1.68. The number of nitrogens with one attached hydrogen (secondary N) is 2. The summed E-state index contributed by atoms with van der Waals surface area (Å²) < 4.78 is 0. The van der Waals surface area contributed by atoms with Crippen LogP contribution in [0.2, 0.25) is 0 Å². The second-order valence-corrected chi connectivity index (χ2v) is 10.2. The normalized spacial score (nSPS) is 14.0. The molecule has 0 aromatic heterocycles. The van der Waals surface area contributed by atoms with Crippen molar-refractivity contribution in [3.8, 4) is 0 Å². The molecule has 1 aliphatic rings. The van der Waals surface area contributed by atoms with Crippen LogP contribution in [-0.2, 0) is 4.79 Å². The van der Waals surface area contributed by atoms with Gasteiger partial charge in [-0.3, -0.25) is 4.79 Å². The topological polar surface area (TPSA) is 100 Å². The lowest BCUT2D eigenvalue weighted by atomic mass is 10.0. The van der Waals surface area contributed by atoms with Crippen LogP contribution in [0.3, 0.4) is 0 Å². The summed E-state index contributed by atoms with van der Waals surface area (Å²) in [5.74, 6) is -0.152. The zero-order chi connectivity index (χ0) is 30.1. The number of aliphatic hydroxyl groups excluding tert-OH is 2. The molecule has 4 N–H and O–H groups in total. The minimum Gasteiger partial charge on any atom is -0.395 e. The highest BCUT2D eigenvalue weighted by atomic mass is 16.3. The van der Waals surface area contributed by atoms with Gasteiger partial charge in [0.1, 0.15) is 0 Å². The summed E-state index contributed by atoms with van der Waals surface area (Å²) in [7, 11) is 0. The van der Waals surface area contributed by atoms with Crippen LogP contribution < -0.4 is 20.4 Å². The van der Waals surface area contributed by atoms with Gasteiger partial charge in [-0.15, -0.1) is 0 Å². The first-order valence-electron chi connectivity index (χ1n) is 14.5. The van der Waals surface area contributed by atoms with Gasteiger partial charge in [0.2, 0.25) is 5.78 Å². The highest BCUT2D eigenvalue weighted by Gasteiger charge is 2.21. The predicted molar refractivity (Wildman–Crippen MR) is 174 cm³/mol. The number of anilines is 4. The maximum Gasteiger partial charge on any atom is 0.204 e. The molecule has 0 spiro atoms. The number of nitrogens with zero attached hydrogens (tertiary/aromatic N) is 3. The Morgan fingerprint density at radius 3 is 1.93 bits per heavy atom. The molecule has 0 saturated carbocycles. The van der Waals surface area contributed by atoms with Crippen LogP contribution in [0.1, 0.15) is 25.0 Å². The Morgan fingerprint density at radius 1 is 0.738 bits per heavy atom. The summed E-state index contributed by atoms with van der Waals surface area (Å²) in [6.45, 7) is 11.0. The number of ketones is 1. The number of rotatable bonds is 13. The molecule has 3 aromatic carbocycles. The summed E-state index contributed by atoms with van der Waals surface area (Å²) in [5, 5.41) is 25.5. The number of aryl methyl sites for hydroxylation is 2. The number of hydrogen-bond acceptors (Lipinski definition) is 8. The highest BCUT2D eigenvalue weighted by Crippen LogP contribution is 2.29. The molecule has 0 bridgehead atoms. The van der Waals surface area contributed by atoms with Crippen molar-refractivity contribution in [2.75, 3.05) is 59.8 Å². The quantitative estimate of drug-likeness (QED) is 0.200. The molecule has 0 atom stereocenters. The van der Waals surface area contributed by atoms with Gasteiger partial charge in [-0.2, -0.15) is 0 Å². The van der Waals surface area contributed by atoms with E-state index in [1.54, 1.807) is 12.2 Å². The maximum absolute atomic E-state index is 13.3. The van der Waals surface area contributed by atoms with Crippen LogP contribution in [0.5, 0.6) is 0 Å². The second-order valence-electron chi connectivity index (χ2n) is 10.2. The van der Waals surface area contributed by atoms with Gasteiger partial charge in [0, 0.05) is 55.0 Å². The average Bonchev–Trinajstić information content (AvgIpc) is 2.99. The van der Waals surface area contributed by atoms with Gasteiger partial charge in [0.15, 0.2) is 0 Å². The average molecular weight is 568 g/mol. The molecule has 0 fully saturated rings. The van der Waals surface area contributed by atoms with Crippen LogP contribution in [0.15, 0.2) is 95.3 Å². The Hall–Kier alpha value is -4.40. The number of likely N-dealkylation sites (N-methyl/N-ethyl adjacent to an activating group) is 2. The third-order valence-electron chi connectivity index (χ3n) is 7.28. The first-order chi connectivity index (χ1) is 20.4. The summed E-state index contributed by atoms with van der Waals surface area (Å²) in [6.07, 6.45) is 3.38. The molecule has 0 amide bonds. The van der Waals surface area contributed by atoms with Crippen molar-refractivity contribution in [3.05, 3.63) is 101 Å². The second kappa shape index (κ2) is 14.5. The number of para-hydroxylation sites is 1. The molecule has 4 rings (SSSR count). The predicted octanol–water partition coefficient (Wildman–Crippen LogP) is 5.59. The van der Waals surface area contributed by atoms with E-state index in [-0.39, 0.29) is 19.0 Å². The SMILES string of the molecule is CCN(CCO)c1ccc(/N=C2\C=C(Nc3ccc(N(CC)CCO)cc3C)C(=O)C=C2Nc2ccccc2)c(C)c1. The van der Waals surface area contributed by atoms with E-state index in [2.05, 4.69) is 46.4 Å². The van der Waals surface area contributed by atoms with Crippen molar-refractivity contribution < 1.29 is 15.0 Å². The van der Waals surface area contributed by atoms with Gasteiger partial charge in [0.25, 0.3) is 0 Å². The standard InChI is InChI=1S/C34H41N5O3/c1-5-38(16-18-40)27-12-14-29(24(3)20-27)36-31-22-33(34(42)23-32(31)35-26-10-8-7-9-11-26)37-30-15-13-28(21-25(30)4)39(6-2)17-19-41/h7-15,20-23,35,37,40-41H,5-6,16-19H2,1-4H3/b36-31+. The Kier molecular flexibility index (Phi) is 10.5. The van der Waals surface area contributed by atoms with Gasteiger partial charge in [-0.05, 0) is 93.4 Å². The highest BCUT2D eigenvalue weighted by molar-refractivity contribution is 6.24. The molecule has 1 aliphatic carbocycles. The van der Waals surface area contributed by atoms with E-state index in [0.717, 1.165) is 52.7 Å². The third-order valence-corrected chi connectivity index (χ3v) is 7.28. The van der Waals surface area contributed by atoms with Crippen molar-refractivity contribution in [3.63, 3.8) is 0 Å². The summed E-state index contributed by atoms with van der Waals surface area (Å²) in [6, 6.07) is 21.8. The Bertz CT molecular complexity index is 1480. The number of carbonyl (C=O) groups is 1. The molecule has 0 unspecified atom stereocenters. The Labute approximate surface area is 248 Å². The molecular weight excluding hydrogens is 526 g/mol. The number of benzene rings is 3. The fourth-order valence-electron chi connectivity index (χ4n) is 4.94. The van der Waals surface area contributed by atoms with Crippen LogP contribution in [0.25, 0.3) is 0 Å². The van der Waals surface area contributed by atoms with Crippen LogP contribution in [-0.4, -0.2) is 61.1 Å². The largest absolute Gasteiger partial charge is 0.395 e. The van der Waals surface area contributed by atoms with Crippen molar-refractivity contribution in [2.45, 2.75) is 27.7 Å². The summed E-state index contributed by atoms with van der Waals surface area (Å²) in [5.41, 5.74) is 8.20. The van der Waals surface area contributed by atoms with Gasteiger partial charge in [-0.1, -0.05) is 18.2 Å². The first-order valence-corrected chi connectivity index (χ1v) is 14.5. The molecule has 0 heterocycles. The smallest absolute Gasteiger partial charge is 0.204 e. The lowest BCUT2D eigenvalue weighted by molar-refractivity contribution is -0.111. The van der Waals surface area contributed by atoms with E-state index < -0.39 is 0 Å². The molecule has 220 valence electrons. The lowest BCUT2D eigenvalue weighted by Gasteiger charge is -2.24. The molecular formula is C34H41N5O3. The summed E-state index contributed by atoms with van der Waals surface area (Å²) in [4.78, 5) is 22.6. The number of hydrogen-bond donors (Lipinski definition) is 4. The number of aliphatic hydroxyl groups is 2. The van der Waals surface area contributed by atoms with E-state index in [0.29, 0.717) is 30.2 Å². The minimum atomic E-state index is -0.152. The Morgan fingerprint density at radius 2 is 1.36 bits per heavy atom. The van der Waals surface area contributed by atoms with E-state index in [4.69, 9.17) is 4.99 Å². The van der Waals surface area contributed by atoms with Gasteiger partial charge in [-0.25, -0.2) is 4.99 Å². The molecule has 0 saturated heterocycles. The van der Waals surface area contributed by atoms with Crippen LogP contribution >= 0.6 is 0 Å². The zero-order valence-electron chi connectivity index (χ0n) is 24.9. The lowest BCUT2D eigenvalue weighted by Crippen LogP contribution is -2.26. The van der Waals surface area contributed by atoms with Gasteiger partial charge >= 0.3 is 0 Å². The fourth-order valence-corrected chi connectivity index (χ4v) is 4.94. The molecule has 8 heteroatoms. The number of aliphatic imine (C=N–C) groups is 1. The molecule has 3 aromatic rings. The fraction of sp³-hybridized carbons (Fsp3) is 0.294. The number of carbonyl (C=O) groups excluding carboxylic acids is 1. The molecule has 0 aliphatic heterocycles. The molecule has 8 nitrogen and oxygen atoms in total. The maximum atomic E-state index is 13.3. The molecule has 0 radical (unpaired) electrons.